The van der Waals surface area contributed by atoms with Crippen LogP contribution < -0.4 is 0 Å². The van der Waals surface area contributed by atoms with Crippen LogP contribution in [0, 0.1) is 21.7 Å². The van der Waals surface area contributed by atoms with Crippen LogP contribution in [0.5, 0.6) is 0 Å². The molecule has 0 aromatic rings. The van der Waals surface area contributed by atoms with E-state index in [1.54, 1.807) is 0 Å². The molecule has 0 N–H and O–H groups in total. The van der Waals surface area contributed by atoms with Crippen LogP contribution in [0.3, 0.4) is 0 Å². The SMILES string of the molecule is COC(C=CC[PH][Pd]([Cl])([Cl])[PH]CC=CC(OC)(C(C)(C)C)C(C)(C)C)(C(C)(C)C)C(C)(C)C. The molecule has 0 heterocycles. The number of allylic oxidation sites excluding steroid dienone is 2. The van der Waals surface area contributed by atoms with Crippen molar-refractivity contribution >= 4 is 32.6 Å². The standard InChI is InChI=1S/2C13H26OP.2ClH.Pd/c2*1-11(2,3)13(14-7,9-8-10-15)12(4,5)6;;;/h2*8-9,15H,10H2,1-7H3;2*1H;/q2*-1;;;+4/p-2. The molecule has 0 saturated carbocycles. The first-order valence-electron chi connectivity index (χ1n) is 11.5. The quantitative estimate of drug-likeness (QED) is 0.135. The first-order valence-corrected chi connectivity index (χ1v) is 22.3. The summed E-state index contributed by atoms with van der Waals surface area (Å²) in [6, 6.07) is 0. The molecule has 33 heavy (non-hydrogen) atoms. The Morgan fingerprint density at radius 3 is 1.00 bits per heavy atom. The number of methoxy groups -OCH3 is 2. The van der Waals surface area contributed by atoms with E-state index in [2.05, 4.69) is 107 Å². The van der Waals surface area contributed by atoms with E-state index in [-0.39, 0.29) is 32.9 Å². The second-order valence-electron chi connectivity index (χ2n) is 12.7. The van der Waals surface area contributed by atoms with Gasteiger partial charge in [0.1, 0.15) is 0 Å². The normalized spacial score (nSPS) is 17.0. The van der Waals surface area contributed by atoms with E-state index in [9.17, 15) is 0 Å². The molecule has 0 aliphatic heterocycles. The van der Waals surface area contributed by atoms with Gasteiger partial charge in [0.25, 0.3) is 0 Å². The molecule has 7 heteroatoms. The maximum atomic E-state index is 6.87. The van der Waals surface area contributed by atoms with Gasteiger partial charge in [-0.2, -0.15) is 0 Å². The molecule has 0 spiro atoms. The summed E-state index contributed by atoms with van der Waals surface area (Å²) in [6.07, 6.45) is 10.8. The second-order valence-corrected chi connectivity index (χ2v) is 36.2. The number of hydrogen-bond acceptors (Lipinski definition) is 2. The van der Waals surface area contributed by atoms with Gasteiger partial charge in [-0.1, -0.05) is 0 Å². The maximum absolute atomic E-state index is 6.87. The molecule has 0 saturated heterocycles. The Kier molecular flexibility index (Phi) is 12.9. The van der Waals surface area contributed by atoms with Crippen LogP contribution in [0.2, 0.25) is 0 Å². The van der Waals surface area contributed by atoms with Crippen molar-refractivity contribution in [2.45, 2.75) is 94.3 Å². The predicted molar refractivity (Wildman–Crippen MR) is 154 cm³/mol. The average molecular weight is 636 g/mol. The molecule has 0 aliphatic carbocycles. The third-order valence-corrected chi connectivity index (χ3v) is 23.8. The third-order valence-electron chi connectivity index (χ3n) is 6.45. The van der Waals surface area contributed by atoms with Crippen LogP contribution in [0.1, 0.15) is 83.1 Å². The summed E-state index contributed by atoms with van der Waals surface area (Å²) in [5, 5.41) is 0. The fourth-order valence-corrected chi connectivity index (χ4v) is 17.4. The van der Waals surface area contributed by atoms with Crippen molar-refractivity contribution in [2.24, 2.45) is 21.7 Å². The van der Waals surface area contributed by atoms with Gasteiger partial charge < -0.3 is 0 Å². The topological polar surface area (TPSA) is 18.5 Å². The van der Waals surface area contributed by atoms with Gasteiger partial charge in [0, 0.05) is 0 Å². The van der Waals surface area contributed by atoms with E-state index in [1.807, 2.05) is 14.2 Å². The van der Waals surface area contributed by atoms with Gasteiger partial charge in [0.15, 0.2) is 0 Å². The Hall–Kier alpha value is 1.50. The van der Waals surface area contributed by atoms with Gasteiger partial charge in [-0.05, 0) is 0 Å². The van der Waals surface area contributed by atoms with Crippen LogP contribution in [-0.2, 0) is 22.0 Å². The summed E-state index contributed by atoms with van der Waals surface area (Å²) >= 11 is -2.41. The van der Waals surface area contributed by atoms with Crippen LogP contribution in [0.4, 0.5) is 0 Å². The van der Waals surface area contributed by atoms with Crippen molar-refractivity contribution in [3.63, 3.8) is 0 Å². The molecule has 2 atom stereocenters. The molecule has 0 fully saturated rings. The monoisotopic (exact) mass is 634 g/mol. The average Bonchev–Trinajstić information content (AvgIpc) is 2.57. The van der Waals surface area contributed by atoms with Gasteiger partial charge in [-0.3, -0.25) is 0 Å². The zero-order valence-electron chi connectivity index (χ0n) is 23.6. The van der Waals surface area contributed by atoms with Gasteiger partial charge >= 0.3 is 221 Å². The molecule has 0 bridgehead atoms. The van der Waals surface area contributed by atoms with Gasteiger partial charge in [-0.25, -0.2) is 0 Å². The predicted octanol–water partition coefficient (Wildman–Crippen LogP) is 9.70. The van der Waals surface area contributed by atoms with Crippen molar-refractivity contribution in [1.29, 1.82) is 0 Å². The van der Waals surface area contributed by atoms with Gasteiger partial charge in [-0.15, -0.1) is 0 Å². The van der Waals surface area contributed by atoms with Crippen LogP contribution in [0.25, 0.3) is 0 Å². The Balaban J connectivity index is 5.27. The Morgan fingerprint density at radius 1 is 0.576 bits per heavy atom. The zero-order valence-corrected chi connectivity index (χ0v) is 28.7. The van der Waals surface area contributed by atoms with Crippen molar-refractivity contribution in [3.8, 4) is 0 Å². The first kappa shape index (κ1) is 34.5. The molecule has 202 valence electrons. The fourth-order valence-electron chi connectivity index (χ4n) is 5.34. The van der Waals surface area contributed by atoms with Gasteiger partial charge in [0.05, 0.1) is 0 Å². The van der Waals surface area contributed by atoms with E-state index >= 15 is 0 Å². The Bertz CT molecular complexity index is 580. The number of ether oxygens (including phenoxy) is 2. The van der Waals surface area contributed by atoms with Crippen molar-refractivity contribution in [1.82, 2.24) is 0 Å². The minimum absolute atomic E-state index is 0.0303. The van der Waals surface area contributed by atoms with Crippen molar-refractivity contribution in [2.75, 3.05) is 26.5 Å². The molecule has 0 radical (unpaired) electrons. The van der Waals surface area contributed by atoms with Crippen molar-refractivity contribution < 1.29 is 22.0 Å². The molecular weight excluding hydrogens is 584 g/mol. The molecule has 0 aromatic carbocycles. The zero-order chi connectivity index (χ0) is 26.6. The minimum atomic E-state index is -2.41. The van der Waals surface area contributed by atoms with Crippen LogP contribution in [0.15, 0.2) is 24.3 Å². The van der Waals surface area contributed by atoms with E-state index in [0.717, 1.165) is 12.3 Å². The van der Waals surface area contributed by atoms with Crippen molar-refractivity contribution in [3.05, 3.63) is 24.3 Å². The molecule has 0 amide bonds. The number of hydrogen-bond donors (Lipinski definition) is 0. The molecule has 2 unspecified atom stereocenters. The summed E-state index contributed by atoms with van der Waals surface area (Å²) < 4.78 is 12.2. The van der Waals surface area contributed by atoms with E-state index < -0.39 is 12.5 Å². The Morgan fingerprint density at radius 2 is 0.818 bits per heavy atom. The van der Waals surface area contributed by atoms with E-state index in [4.69, 9.17) is 28.5 Å². The molecule has 2 nitrogen and oxygen atoms in total. The number of halogens is 2. The fraction of sp³-hybridized carbons (Fsp3) is 0.846. The van der Waals surface area contributed by atoms with E-state index in [0.29, 0.717) is 13.5 Å². The molecule has 0 aliphatic rings. The summed E-state index contributed by atoms with van der Waals surface area (Å²) in [5.74, 6) is 0. The van der Waals surface area contributed by atoms with Crippen LogP contribution >= 0.6 is 32.6 Å². The molecular formula is C26H52Cl2O2P2Pd. The first-order chi connectivity index (χ1) is 14.5. The van der Waals surface area contributed by atoms with Gasteiger partial charge in [0.2, 0.25) is 0 Å². The van der Waals surface area contributed by atoms with E-state index in [1.165, 1.54) is 0 Å². The summed E-state index contributed by atoms with van der Waals surface area (Å²) in [7, 11) is 17.4. The summed E-state index contributed by atoms with van der Waals surface area (Å²) in [4.78, 5) is 0. The third kappa shape index (κ3) is 8.79. The molecule has 0 rings (SSSR count). The molecule has 0 aromatic heterocycles. The number of rotatable bonds is 10. The Labute approximate surface area is 220 Å². The summed E-state index contributed by atoms with van der Waals surface area (Å²) in [5.41, 5.74) is -0.837. The van der Waals surface area contributed by atoms with Crippen LogP contribution in [-0.4, -0.2) is 37.7 Å². The summed E-state index contributed by atoms with van der Waals surface area (Å²) in [6.45, 7) is 28.0. The second kappa shape index (κ2) is 12.4.